The van der Waals surface area contributed by atoms with Crippen molar-refractivity contribution in [1.29, 1.82) is 0 Å². The number of ether oxygens (including phenoxy) is 3. The van der Waals surface area contributed by atoms with Crippen LogP contribution in [0.2, 0.25) is 0 Å². The van der Waals surface area contributed by atoms with Gasteiger partial charge in [0.2, 0.25) is 0 Å². The molecule has 1 N–H and O–H groups in total. The third kappa shape index (κ3) is 4.85. The second kappa shape index (κ2) is 9.42. The van der Waals surface area contributed by atoms with E-state index in [9.17, 15) is 4.79 Å². The first-order valence-electron chi connectivity index (χ1n) is 9.03. The van der Waals surface area contributed by atoms with Crippen LogP contribution in [0, 0.1) is 3.57 Å². The number of nitrogens with one attached hydrogen (secondary N) is 1. The molecule has 0 saturated carbocycles. The molecule has 1 atom stereocenters. The SMILES string of the molecule is COc1cc(I)c(C(=O)NCc2ccc(N3CCOC(C)C3)nc2)cc1OC. The van der Waals surface area contributed by atoms with Crippen molar-refractivity contribution >= 4 is 34.3 Å². The number of carbonyl (C=O) groups excluding carboxylic acids is 1. The summed E-state index contributed by atoms with van der Waals surface area (Å²) in [7, 11) is 3.12. The lowest BCUT2D eigenvalue weighted by molar-refractivity contribution is 0.0529. The summed E-state index contributed by atoms with van der Waals surface area (Å²) in [5.74, 6) is 1.88. The number of carbonyl (C=O) groups is 1. The fourth-order valence-electron chi connectivity index (χ4n) is 3.04. The van der Waals surface area contributed by atoms with E-state index < -0.39 is 0 Å². The molecule has 0 radical (unpaired) electrons. The van der Waals surface area contributed by atoms with Crippen molar-refractivity contribution in [3.05, 3.63) is 45.2 Å². The van der Waals surface area contributed by atoms with Gasteiger partial charge in [0.15, 0.2) is 11.5 Å². The lowest BCUT2D eigenvalue weighted by atomic mass is 10.1. The Bertz CT molecular complexity index is 829. The molecule has 1 saturated heterocycles. The highest BCUT2D eigenvalue weighted by Gasteiger charge is 2.18. The molecule has 1 aliphatic rings. The number of amides is 1. The fraction of sp³-hybridized carbons (Fsp3) is 0.400. The topological polar surface area (TPSA) is 72.9 Å². The van der Waals surface area contributed by atoms with Crippen LogP contribution in [0.5, 0.6) is 11.5 Å². The van der Waals surface area contributed by atoms with Gasteiger partial charge in [-0.25, -0.2) is 4.98 Å². The van der Waals surface area contributed by atoms with Gasteiger partial charge in [-0.15, -0.1) is 0 Å². The van der Waals surface area contributed by atoms with E-state index in [0.29, 0.717) is 30.2 Å². The van der Waals surface area contributed by atoms with Crippen molar-refractivity contribution in [2.75, 3.05) is 38.8 Å². The van der Waals surface area contributed by atoms with Crippen LogP contribution in [0.4, 0.5) is 5.82 Å². The number of morpholine rings is 1. The zero-order valence-corrected chi connectivity index (χ0v) is 18.4. The van der Waals surface area contributed by atoms with Gasteiger partial charge in [0.25, 0.3) is 5.91 Å². The third-order valence-corrected chi connectivity index (χ3v) is 5.44. The molecule has 3 rings (SSSR count). The van der Waals surface area contributed by atoms with Crippen LogP contribution < -0.4 is 19.7 Å². The highest BCUT2D eigenvalue weighted by Crippen LogP contribution is 2.31. The molecular weight excluding hydrogens is 473 g/mol. The normalized spacial score (nSPS) is 16.6. The van der Waals surface area contributed by atoms with E-state index in [0.717, 1.165) is 28.0 Å². The summed E-state index contributed by atoms with van der Waals surface area (Å²) in [6.07, 6.45) is 2.01. The average molecular weight is 497 g/mol. The van der Waals surface area contributed by atoms with E-state index in [2.05, 4.69) is 44.7 Å². The van der Waals surface area contributed by atoms with Gasteiger partial charge in [-0.1, -0.05) is 6.07 Å². The van der Waals surface area contributed by atoms with E-state index in [4.69, 9.17) is 14.2 Å². The maximum absolute atomic E-state index is 12.6. The zero-order chi connectivity index (χ0) is 20.1. The van der Waals surface area contributed by atoms with Crippen LogP contribution in [-0.2, 0) is 11.3 Å². The molecule has 150 valence electrons. The Morgan fingerprint density at radius 2 is 2.07 bits per heavy atom. The van der Waals surface area contributed by atoms with Gasteiger partial charge in [0, 0.05) is 29.4 Å². The Balaban J connectivity index is 1.63. The first-order valence-corrected chi connectivity index (χ1v) is 10.1. The molecule has 0 spiro atoms. The van der Waals surface area contributed by atoms with E-state index in [1.54, 1.807) is 32.5 Å². The average Bonchev–Trinajstić information content (AvgIpc) is 2.72. The smallest absolute Gasteiger partial charge is 0.252 e. The molecule has 2 heterocycles. The number of hydrogen-bond donors (Lipinski definition) is 1. The van der Waals surface area contributed by atoms with E-state index in [1.165, 1.54) is 0 Å². The number of methoxy groups -OCH3 is 2. The van der Waals surface area contributed by atoms with Crippen molar-refractivity contribution in [2.24, 2.45) is 0 Å². The van der Waals surface area contributed by atoms with Crippen molar-refractivity contribution < 1.29 is 19.0 Å². The standard InChI is InChI=1S/C20H24IN3O4/c1-13-12-24(6-7-28-13)19-5-4-14(10-22-19)11-23-20(25)15-8-17(26-2)18(27-3)9-16(15)21/h4-5,8-10,13H,6-7,11-12H2,1-3H3,(H,23,25). The lowest BCUT2D eigenvalue weighted by Crippen LogP contribution is -2.41. The molecule has 0 bridgehead atoms. The molecule has 1 aromatic heterocycles. The van der Waals surface area contributed by atoms with Gasteiger partial charge in [0.1, 0.15) is 5.82 Å². The highest BCUT2D eigenvalue weighted by molar-refractivity contribution is 14.1. The fourth-order valence-corrected chi connectivity index (χ4v) is 3.72. The van der Waals surface area contributed by atoms with E-state index in [-0.39, 0.29) is 12.0 Å². The van der Waals surface area contributed by atoms with Crippen molar-refractivity contribution in [3.8, 4) is 11.5 Å². The van der Waals surface area contributed by atoms with E-state index >= 15 is 0 Å². The molecule has 0 aliphatic carbocycles. The summed E-state index contributed by atoms with van der Waals surface area (Å²) in [5.41, 5.74) is 1.49. The van der Waals surface area contributed by atoms with Crippen LogP contribution in [0.25, 0.3) is 0 Å². The second-order valence-corrected chi connectivity index (χ2v) is 7.68. The molecule has 2 aromatic rings. The maximum Gasteiger partial charge on any atom is 0.252 e. The quantitative estimate of drug-likeness (QED) is 0.620. The minimum atomic E-state index is -0.170. The highest BCUT2D eigenvalue weighted by atomic mass is 127. The second-order valence-electron chi connectivity index (χ2n) is 6.52. The minimum absolute atomic E-state index is 0.170. The predicted octanol–water partition coefficient (Wildman–Crippen LogP) is 2.86. The number of pyridine rings is 1. The Labute approximate surface area is 178 Å². The molecule has 1 amide bonds. The maximum atomic E-state index is 12.6. The predicted molar refractivity (Wildman–Crippen MR) is 115 cm³/mol. The van der Waals surface area contributed by atoms with Crippen LogP contribution in [0.3, 0.4) is 0 Å². The molecule has 8 heteroatoms. The number of anilines is 1. The third-order valence-electron chi connectivity index (χ3n) is 4.55. The molecule has 1 aromatic carbocycles. The summed E-state index contributed by atoms with van der Waals surface area (Å²) in [6.45, 7) is 4.85. The number of nitrogens with zero attached hydrogens (tertiary/aromatic N) is 2. The number of aromatic nitrogens is 1. The van der Waals surface area contributed by atoms with Crippen molar-refractivity contribution in [2.45, 2.75) is 19.6 Å². The number of hydrogen-bond acceptors (Lipinski definition) is 6. The summed E-state index contributed by atoms with van der Waals surface area (Å²) < 4.78 is 16.9. The number of halogens is 1. The van der Waals surface area contributed by atoms with Crippen molar-refractivity contribution in [3.63, 3.8) is 0 Å². The molecule has 28 heavy (non-hydrogen) atoms. The Kier molecular flexibility index (Phi) is 6.95. The summed E-state index contributed by atoms with van der Waals surface area (Å²) >= 11 is 2.12. The van der Waals surface area contributed by atoms with Gasteiger partial charge >= 0.3 is 0 Å². The molecule has 1 aliphatic heterocycles. The number of rotatable bonds is 6. The van der Waals surface area contributed by atoms with Gasteiger partial charge in [-0.05, 0) is 53.3 Å². The van der Waals surface area contributed by atoms with Crippen molar-refractivity contribution in [1.82, 2.24) is 10.3 Å². The number of benzene rings is 1. The van der Waals surface area contributed by atoms with Crippen LogP contribution >= 0.6 is 22.6 Å². The van der Waals surface area contributed by atoms with Gasteiger partial charge < -0.3 is 24.4 Å². The molecule has 1 unspecified atom stereocenters. The Morgan fingerprint density at radius 1 is 1.32 bits per heavy atom. The summed E-state index contributed by atoms with van der Waals surface area (Å²) in [5, 5.41) is 2.94. The van der Waals surface area contributed by atoms with Gasteiger partial charge in [0.05, 0.1) is 32.5 Å². The lowest BCUT2D eigenvalue weighted by Gasteiger charge is -2.32. The van der Waals surface area contributed by atoms with Crippen LogP contribution in [-0.4, -0.2) is 50.9 Å². The Morgan fingerprint density at radius 3 is 2.71 bits per heavy atom. The largest absolute Gasteiger partial charge is 0.493 e. The first kappa shape index (κ1) is 20.7. The van der Waals surface area contributed by atoms with Crippen LogP contribution in [0.15, 0.2) is 30.5 Å². The van der Waals surface area contributed by atoms with Gasteiger partial charge in [-0.3, -0.25) is 4.79 Å². The van der Waals surface area contributed by atoms with E-state index in [1.807, 2.05) is 12.1 Å². The molecule has 1 fully saturated rings. The first-order chi connectivity index (χ1) is 13.5. The molecule has 7 nitrogen and oxygen atoms in total. The monoisotopic (exact) mass is 497 g/mol. The Hall–Kier alpha value is -2.07. The summed E-state index contributed by atoms with van der Waals surface area (Å²) in [6, 6.07) is 7.45. The molecular formula is C20H24IN3O4. The zero-order valence-electron chi connectivity index (χ0n) is 16.2. The van der Waals surface area contributed by atoms with Gasteiger partial charge in [-0.2, -0.15) is 0 Å². The van der Waals surface area contributed by atoms with Crippen LogP contribution in [0.1, 0.15) is 22.8 Å². The summed E-state index contributed by atoms with van der Waals surface area (Å²) in [4.78, 5) is 19.3. The minimum Gasteiger partial charge on any atom is -0.493 e.